The van der Waals surface area contributed by atoms with Gasteiger partial charge in [-0.25, -0.2) is 4.98 Å². The minimum absolute atomic E-state index is 0.803. The maximum Gasteiger partial charge on any atom is 0.101 e. The fourth-order valence-corrected chi connectivity index (χ4v) is 2.65. The zero-order valence-electron chi connectivity index (χ0n) is 10.2. The van der Waals surface area contributed by atoms with E-state index in [0.717, 1.165) is 33.6 Å². The van der Waals surface area contributed by atoms with Gasteiger partial charge in [0.05, 0.1) is 0 Å². The molecular weight excluding hydrogens is 264 g/mol. The number of nitrogens with zero attached hydrogens (tertiary/aromatic N) is 1. The Hall–Kier alpha value is -1.03. The van der Waals surface area contributed by atoms with E-state index in [9.17, 15) is 0 Å². The second kappa shape index (κ2) is 6.78. The summed E-state index contributed by atoms with van der Waals surface area (Å²) in [5.41, 5.74) is 1.13. The van der Waals surface area contributed by atoms with Crippen LogP contribution in [-0.2, 0) is 6.54 Å². The van der Waals surface area contributed by atoms with Crippen LogP contribution < -0.4 is 5.32 Å². The molecule has 1 N–H and O–H groups in total. The van der Waals surface area contributed by atoms with Crippen molar-refractivity contribution in [2.75, 3.05) is 6.54 Å². The SMILES string of the molecule is CCNCc1ccc(Sc2ccccn2)cc1Cl. The summed E-state index contributed by atoms with van der Waals surface area (Å²) < 4.78 is 0. The van der Waals surface area contributed by atoms with E-state index in [2.05, 4.69) is 29.4 Å². The summed E-state index contributed by atoms with van der Waals surface area (Å²) in [6, 6.07) is 12.0. The number of hydrogen-bond donors (Lipinski definition) is 1. The Morgan fingerprint density at radius 1 is 1.28 bits per heavy atom. The summed E-state index contributed by atoms with van der Waals surface area (Å²) in [4.78, 5) is 5.39. The number of benzene rings is 1. The molecule has 1 heterocycles. The highest BCUT2D eigenvalue weighted by Gasteiger charge is 2.03. The summed E-state index contributed by atoms with van der Waals surface area (Å²) in [7, 11) is 0. The number of nitrogens with one attached hydrogen (secondary N) is 1. The molecule has 94 valence electrons. The smallest absolute Gasteiger partial charge is 0.101 e. The number of rotatable bonds is 5. The van der Waals surface area contributed by atoms with Crippen LogP contribution in [0.15, 0.2) is 52.5 Å². The highest BCUT2D eigenvalue weighted by Crippen LogP contribution is 2.29. The van der Waals surface area contributed by atoms with Gasteiger partial charge in [0, 0.05) is 22.7 Å². The number of aromatic nitrogens is 1. The molecule has 18 heavy (non-hydrogen) atoms. The molecule has 0 radical (unpaired) electrons. The van der Waals surface area contributed by atoms with Gasteiger partial charge in [0.2, 0.25) is 0 Å². The van der Waals surface area contributed by atoms with Gasteiger partial charge in [0.15, 0.2) is 0 Å². The molecule has 1 aromatic heterocycles. The van der Waals surface area contributed by atoms with Gasteiger partial charge in [-0.15, -0.1) is 0 Å². The molecule has 0 bridgehead atoms. The van der Waals surface area contributed by atoms with E-state index in [4.69, 9.17) is 11.6 Å². The van der Waals surface area contributed by atoms with Crippen LogP contribution in [0.1, 0.15) is 12.5 Å². The van der Waals surface area contributed by atoms with E-state index in [-0.39, 0.29) is 0 Å². The van der Waals surface area contributed by atoms with Crippen LogP contribution in [0.4, 0.5) is 0 Å². The Balaban J connectivity index is 2.09. The Morgan fingerprint density at radius 2 is 2.17 bits per heavy atom. The molecular formula is C14H15ClN2S. The molecule has 0 aliphatic rings. The standard InChI is InChI=1S/C14H15ClN2S/c1-2-16-10-11-6-7-12(9-13(11)15)18-14-5-3-4-8-17-14/h3-9,16H,2,10H2,1H3. The first-order chi connectivity index (χ1) is 8.79. The average Bonchev–Trinajstić information content (AvgIpc) is 2.39. The van der Waals surface area contributed by atoms with Crippen molar-refractivity contribution in [2.45, 2.75) is 23.4 Å². The fraction of sp³-hybridized carbons (Fsp3) is 0.214. The van der Waals surface area contributed by atoms with Gasteiger partial charge in [0.1, 0.15) is 5.03 Å². The highest BCUT2D eigenvalue weighted by atomic mass is 35.5. The summed E-state index contributed by atoms with van der Waals surface area (Å²) in [5, 5.41) is 5.05. The zero-order valence-corrected chi connectivity index (χ0v) is 11.8. The first kappa shape index (κ1) is 13.4. The minimum Gasteiger partial charge on any atom is -0.313 e. The zero-order chi connectivity index (χ0) is 12.8. The molecule has 2 nitrogen and oxygen atoms in total. The molecule has 0 aliphatic carbocycles. The van der Waals surface area contributed by atoms with Crippen molar-refractivity contribution in [2.24, 2.45) is 0 Å². The van der Waals surface area contributed by atoms with Gasteiger partial charge >= 0.3 is 0 Å². The van der Waals surface area contributed by atoms with Gasteiger partial charge in [-0.1, -0.05) is 42.4 Å². The fourth-order valence-electron chi connectivity index (χ4n) is 1.52. The third-order valence-electron chi connectivity index (χ3n) is 2.45. The molecule has 0 fully saturated rings. The molecule has 0 saturated carbocycles. The van der Waals surface area contributed by atoms with E-state index in [0.29, 0.717) is 0 Å². The molecule has 1 aromatic carbocycles. The molecule has 0 spiro atoms. The lowest BCUT2D eigenvalue weighted by Gasteiger charge is -2.07. The van der Waals surface area contributed by atoms with Crippen LogP contribution in [-0.4, -0.2) is 11.5 Å². The van der Waals surface area contributed by atoms with Crippen LogP contribution in [0.5, 0.6) is 0 Å². The van der Waals surface area contributed by atoms with Crippen molar-refractivity contribution in [1.82, 2.24) is 10.3 Å². The van der Waals surface area contributed by atoms with E-state index < -0.39 is 0 Å². The molecule has 0 atom stereocenters. The molecule has 0 amide bonds. The summed E-state index contributed by atoms with van der Waals surface area (Å²) in [5.74, 6) is 0. The van der Waals surface area contributed by atoms with Crippen molar-refractivity contribution in [3.63, 3.8) is 0 Å². The van der Waals surface area contributed by atoms with Crippen molar-refractivity contribution >= 4 is 23.4 Å². The number of pyridine rings is 1. The Bertz CT molecular complexity index is 502. The average molecular weight is 279 g/mol. The predicted octanol–water partition coefficient (Wildman–Crippen LogP) is 4.00. The summed E-state index contributed by atoms with van der Waals surface area (Å²) in [6.45, 7) is 3.84. The summed E-state index contributed by atoms with van der Waals surface area (Å²) in [6.07, 6.45) is 1.80. The predicted molar refractivity (Wildman–Crippen MR) is 77.2 cm³/mol. The molecule has 0 unspecified atom stereocenters. The van der Waals surface area contributed by atoms with Crippen LogP contribution >= 0.6 is 23.4 Å². The molecule has 2 aromatic rings. The van der Waals surface area contributed by atoms with E-state index in [1.54, 1.807) is 18.0 Å². The van der Waals surface area contributed by atoms with Crippen molar-refractivity contribution in [3.8, 4) is 0 Å². The van der Waals surface area contributed by atoms with Gasteiger partial charge in [-0.05, 0) is 36.4 Å². The van der Waals surface area contributed by atoms with Gasteiger partial charge < -0.3 is 5.32 Å². The largest absolute Gasteiger partial charge is 0.313 e. The lowest BCUT2D eigenvalue weighted by molar-refractivity contribution is 0.726. The summed E-state index contributed by atoms with van der Waals surface area (Å²) >= 11 is 7.88. The topological polar surface area (TPSA) is 24.9 Å². The Kier molecular flexibility index (Phi) is 5.05. The Labute approximate surface area is 117 Å². The molecule has 4 heteroatoms. The van der Waals surface area contributed by atoms with Crippen molar-refractivity contribution in [3.05, 3.63) is 53.2 Å². The van der Waals surface area contributed by atoms with Crippen LogP contribution in [0, 0.1) is 0 Å². The van der Waals surface area contributed by atoms with Gasteiger partial charge in [-0.2, -0.15) is 0 Å². The van der Waals surface area contributed by atoms with Crippen molar-refractivity contribution in [1.29, 1.82) is 0 Å². The number of halogens is 1. The lowest BCUT2D eigenvalue weighted by atomic mass is 10.2. The quantitative estimate of drug-likeness (QED) is 0.895. The maximum atomic E-state index is 6.26. The third kappa shape index (κ3) is 3.73. The minimum atomic E-state index is 0.803. The first-order valence-corrected chi connectivity index (χ1v) is 7.07. The highest BCUT2D eigenvalue weighted by molar-refractivity contribution is 7.99. The van der Waals surface area contributed by atoms with Gasteiger partial charge in [-0.3, -0.25) is 0 Å². The maximum absolute atomic E-state index is 6.26. The Morgan fingerprint density at radius 3 is 2.83 bits per heavy atom. The molecule has 0 aliphatic heterocycles. The van der Waals surface area contributed by atoms with E-state index in [1.807, 2.05) is 24.3 Å². The molecule has 0 saturated heterocycles. The van der Waals surface area contributed by atoms with Crippen LogP contribution in [0.25, 0.3) is 0 Å². The van der Waals surface area contributed by atoms with Crippen LogP contribution in [0.2, 0.25) is 5.02 Å². The second-order valence-electron chi connectivity index (χ2n) is 3.80. The van der Waals surface area contributed by atoms with Gasteiger partial charge in [0.25, 0.3) is 0 Å². The number of hydrogen-bond acceptors (Lipinski definition) is 3. The normalized spacial score (nSPS) is 10.6. The monoisotopic (exact) mass is 278 g/mol. The molecule has 2 rings (SSSR count). The van der Waals surface area contributed by atoms with Crippen LogP contribution in [0.3, 0.4) is 0 Å². The second-order valence-corrected chi connectivity index (χ2v) is 5.30. The van der Waals surface area contributed by atoms with E-state index in [1.165, 1.54) is 0 Å². The first-order valence-electron chi connectivity index (χ1n) is 5.87. The lowest BCUT2D eigenvalue weighted by Crippen LogP contribution is -2.11. The van der Waals surface area contributed by atoms with Crippen molar-refractivity contribution < 1.29 is 0 Å². The van der Waals surface area contributed by atoms with E-state index >= 15 is 0 Å². The third-order valence-corrected chi connectivity index (χ3v) is 3.74.